The van der Waals surface area contributed by atoms with Crippen LogP contribution in [0.5, 0.6) is 0 Å². The Balaban J connectivity index is 1.30. The van der Waals surface area contributed by atoms with E-state index in [0.29, 0.717) is 23.3 Å². The number of aromatic nitrogens is 7. The van der Waals surface area contributed by atoms with Crippen molar-refractivity contribution in [3.63, 3.8) is 0 Å². The van der Waals surface area contributed by atoms with Gasteiger partial charge in [0.15, 0.2) is 0 Å². The van der Waals surface area contributed by atoms with Gasteiger partial charge in [0, 0.05) is 18.2 Å². The molecule has 0 saturated heterocycles. The molecule has 0 amide bonds. The fourth-order valence-electron chi connectivity index (χ4n) is 6.26. The van der Waals surface area contributed by atoms with Crippen molar-refractivity contribution in [1.82, 2.24) is 34.7 Å². The minimum absolute atomic E-state index is 0.0399. The van der Waals surface area contributed by atoms with Crippen molar-refractivity contribution < 1.29 is 13.2 Å². The lowest BCUT2D eigenvalue weighted by molar-refractivity contribution is -0.138. The number of rotatable bonds is 6. The van der Waals surface area contributed by atoms with E-state index in [-0.39, 0.29) is 23.7 Å². The fraction of sp³-hybridized carbons (Fsp3) is 0.219. The Morgan fingerprint density at radius 3 is 2.56 bits per heavy atom. The predicted octanol–water partition coefficient (Wildman–Crippen LogP) is 6.21. The predicted molar refractivity (Wildman–Crippen MR) is 155 cm³/mol. The first-order valence-corrected chi connectivity index (χ1v) is 14.0. The quantitative estimate of drug-likeness (QED) is 0.252. The largest absolute Gasteiger partial charge is 0.416 e. The van der Waals surface area contributed by atoms with Crippen molar-refractivity contribution in [2.24, 2.45) is 0 Å². The molecular formula is C32H26F3N7O. The number of hydrogen-bond donors (Lipinski definition) is 1. The molecule has 3 aromatic carbocycles. The number of tetrazole rings is 1. The summed E-state index contributed by atoms with van der Waals surface area (Å²) in [5.41, 5.74) is 5.04. The first kappa shape index (κ1) is 26.8. The number of benzene rings is 3. The molecule has 11 heteroatoms. The summed E-state index contributed by atoms with van der Waals surface area (Å²) in [4.78, 5) is 18.7. The fourth-order valence-corrected chi connectivity index (χ4v) is 6.26. The molecule has 0 spiro atoms. The third kappa shape index (κ3) is 4.61. The number of pyridine rings is 1. The standard InChI is InChI=1S/C32H26F3N7O/c1-2-28-36-26-15-16-41(18-21-7-3-6-10-25(21)32(33,34)35)31(43)29(26)42(28)27-14-12-20-17-19(11-13-23(20)27)22-8-4-5-9-24(22)30-37-39-40-38-30/h3-11,13,15-17,27H,2,12,14,18H2,1H3,(H,37,38,39,40)/t27-/m0/s1. The van der Waals surface area contributed by atoms with Crippen LogP contribution in [-0.2, 0) is 25.6 Å². The molecule has 0 saturated carbocycles. The molecule has 0 aliphatic heterocycles. The van der Waals surface area contributed by atoms with Gasteiger partial charge < -0.3 is 9.13 Å². The smallest absolute Gasteiger partial charge is 0.316 e. The highest BCUT2D eigenvalue weighted by Crippen LogP contribution is 2.40. The van der Waals surface area contributed by atoms with Gasteiger partial charge in [0.25, 0.3) is 5.56 Å². The van der Waals surface area contributed by atoms with Crippen LogP contribution < -0.4 is 5.56 Å². The minimum Gasteiger partial charge on any atom is -0.316 e. The van der Waals surface area contributed by atoms with Crippen LogP contribution in [0.2, 0.25) is 0 Å². The molecule has 1 N–H and O–H groups in total. The van der Waals surface area contributed by atoms with Crippen molar-refractivity contribution in [3.05, 3.63) is 117 Å². The molecule has 6 aromatic rings. The molecular weight excluding hydrogens is 555 g/mol. The van der Waals surface area contributed by atoms with E-state index in [4.69, 9.17) is 4.98 Å². The van der Waals surface area contributed by atoms with Crippen LogP contribution in [0.25, 0.3) is 33.5 Å². The molecule has 1 atom stereocenters. The number of alkyl halides is 3. The third-order valence-electron chi connectivity index (χ3n) is 8.19. The molecule has 3 heterocycles. The van der Waals surface area contributed by atoms with Gasteiger partial charge in [0.1, 0.15) is 11.3 Å². The number of aromatic amines is 1. The van der Waals surface area contributed by atoms with Gasteiger partial charge in [-0.1, -0.05) is 67.6 Å². The average Bonchev–Trinajstić information content (AvgIpc) is 3.77. The molecule has 1 aliphatic carbocycles. The van der Waals surface area contributed by atoms with E-state index >= 15 is 0 Å². The van der Waals surface area contributed by atoms with Crippen LogP contribution in [0, 0.1) is 0 Å². The summed E-state index contributed by atoms with van der Waals surface area (Å²) >= 11 is 0. The zero-order valence-corrected chi connectivity index (χ0v) is 23.1. The number of imidazole rings is 1. The first-order chi connectivity index (χ1) is 20.8. The topological polar surface area (TPSA) is 94.3 Å². The summed E-state index contributed by atoms with van der Waals surface area (Å²) in [5.74, 6) is 1.28. The Morgan fingerprint density at radius 2 is 1.79 bits per heavy atom. The maximum absolute atomic E-state index is 13.9. The maximum atomic E-state index is 13.9. The Kier molecular flexibility index (Phi) is 6.45. The van der Waals surface area contributed by atoms with Crippen molar-refractivity contribution in [1.29, 1.82) is 0 Å². The summed E-state index contributed by atoms with van der Waals surface area (Å²) < 4.78 is 44.4. The summed E-state index contributed by atoms with van der Waals surface area (Å²) in [6.07, 6.45) is -0.798. The number of fused-ring (bicyclic) bond motifs is 2. The Morgan fingerprint density at radius 1 is 1.00 bits per heavy atom. The monoisotopic (exact) mass is 581 g/mol. The van der Waals surface area contributed by atoms with E-state index in [1.54, 1.807) is 12.1 Å². The molecule has 1 aliphatic rings. The molecule has 7 rings (SSSR count). The number of nitrogens with zero attached hydrogens (tertiary/aromatic N) is 6. The summed E-state index contributed by atoms with van der Waals surface area (Å²) in [5, 5.41) is 14.5. The molecule has 3 aromatic heterocycles. The van der Waals surface area contributed by atoms with Crippen molar-refractivity contribution in [3.8, 4) is 22.5 Å². The highest BCUT2D eigenvalue weighted by atomic mass is 19.4. The first-order valence-electron chi connectivity index (χ1n) is 14.0. The number of aryl methyl sites for hydroxylation is 2. The summed E-state index contributed by atoms with van der Waals surface area (Å²) in [7, 11) is 0. The van der Waals surface area contributed by atoms with E-state index in [0.717, 1.165) is 47.0 Å². The lowest BCUT2D eigenvalue weighted by atomic mass is 9.96. The lowest BCUT2D eigenvalue weighted by Crippen LogP contribution is -2.25. The van der Waals surface area contributed by atoms with Crippen LogP contribution in [0.1, 0.15) is 47.5 Å². The molecule has 216 valence electrons. The van der Waals surface area contributed by atoms with Gasteiger partial charge in [-0.2, -0.15) is 18.4 Å². The minimum atomic E-state index is -4.51. The van der Waals surface area contributed by atoms with Crippen molar-refractivity contribution in [2.45, 2.75) is 44.9 Å². The summed E-state index contributed by atoms with van der Waals surface area (Å²) in [6, 6.07) is 21.2. The van der Waals surface area contributed by atoms with Gasteiger partial charge in [0.05, 0.1) is 23.7 Å². The van der Waals surface area contributed by atoms with Gasteiger partial charge in [-0.25, -0.2) is 4.98 Å². The second-order valence-corrected chi connectivity index (χ2v) is 10.6. The maximum Gasteiger partial charge on any atom is 0.416 e. The second kappa shape index (κ2) is 10.3. The van der Waals surface area contributed by atoms with Crippen LogP contribution in [-0.4, -0.2) is 34.7 Å². The zero-order chi connectivity index (χ0) is 29.7. The van der Waals surface area contributed by atoms with Gasteiger partial charge in [0.2, 0.25) is 5.82 Å². The lowest BCUT2D eigenvalue weighted by Gasteiger charge is -2.19. The Bertz CT molecular complexity index is 2030. The average molecular weight is 582 g/mol. The molecule has 0 unspecified atom stereocenters. The van der Waals surface area contributed by atoms with Crippen LogP contribution >= 0.6 is 0 Å². The highest BCUT2D eigenvalue weighted by molar-refractivity contribution is 5.81. The van der Waals surface area contributed by atoms with Crippen LogP contribution in [0.3, 0.4) is 0 Å². The second-order valence-electron chi connectivity index (χ2n) is 10.6. The highest BCUT2D eigenvalue weighted by Gasteiger charge is 2.33. The van der Waals surface area contributed by atoms with E-state index in [9.17, 15) is 18.0 Å². The van der Waals surface area contributed by atoms with Gasteiger partial charge in [-0.15, -0.1) is 10.2 Å². The van der Waals surface area contributed by atoms with Crippen LogP contribution in [0.15, 0.2) is 83.8 Å². The number of halogens is 3. The Labute approximate surface area is 243 Å². The van der Waals surface area contributed by atoms with E-state index in [2.05, 4.69) is 38.8 Å². The number of H-pyrrole nitrogens is 1. The van der Waals surface area contributed by atoms with Gasteiger partial charge in [-0.3, -0.25) is 4.79 Å². The van der Waals surface area contributed by atoms with Crippen molar-refractivity contribution >= 4 is 11.0 Å². The third-order valence-corrected chi connectivity index (χ3v) is 8.19. The molecule has 8 nitrogen and oxygen atoms in total. The van der Waals surface area contributed by atoms with E-state index in [1.807, 2.05) is 35.8 Å². The van der Waals surface area contributed by atoms with Crippen molar-refractivity contribution in [2.75, 3.05) is 0 Å². The SMILES string of the molecule is CCc1nc2ccn(Cc3ccccc3C(F)(F)F)c(=O)c2n1[C@H]1CCc2cc(-c3ccccc3-c3nn[nH]n3)ccc21. The Hall–Kier alpha value is -5.06. The zero-order valence-electron chi connectivity index (χ0n) is 23.1. The molecule has 43 heavy (non-hydrogen) atoms. The number of hydrogen-bond acceptors (Lipinski definition) is 5. The van der Waals surface area contributed by atoms with Gasteiger partial charge >= 0.3 is 6.18 Å². The normalized spacial score (nSPS) is 14.8. The van der Waals surface area contributed by atoms with E-state index in [1.165, 1.54) is 28.5 Å². The molecule has 0 radical (unpaired) electrons. The molecule has 0 fully saturated rings. The van der Waals surface area contributed by atoms with E-state index < -0.39 is 11.7 Å². The summed E-state index contributed by atoms with van der Waals surface area (Å²) in [6.45, 7) is 1.80. The molecule has 0 bridgehead atoms. The van der Waals surface area contributed by atoms with Gasteiger partial charge in [-0.05, 0) is 58.0 Å². The number of nitrogens with one attached hydrogen (secondary N) is 1. The van der Waals surface area contributed by atoms with Crippen LogP contribution in [0.4, 0.5) is 13.2 Å².